The number of halogens is 1. The van der Waals surface area contributed by atoms with Crippen LogP contribution in [0.1, 0.15) is 40.7 Å². The number of fused-ring (bicyclic) bond motifs is 2. The minimum Gasteiger partial charge on any atom is -0.456 e. The number of benzene rings is 2. The zero-order valence-corrected chi connectivity index (χ0v) is 24.0. The van der Waals surface area contributed by atoms with E-state index in [9.17, 15) is 14.4 Å². The van der Waals surface area contributed by atoms with Crippen LogP contribution in [0, 0.1) is 3.57 Å². The van der Waals surface area contributed by atoms with Crippen LogP contribution < -0.4 is 5.32 Å². The molecule has 210 valence electrons. The van der Waals surface area contributed by atoms with E-state index >= 15 is 0 Å². The number of aliphatic hydroxyl groups excluding tert-OH is 1. The molecule has 2 heterocycles. The van der Waals surface area contributed by atoms with E-state index in [1.54, 1.807) is 29.2 Å². The fourth-order valence-corrected chi connectivity index (χ4v) is 6.78. The summed E-state index contributed by atoms with van der Waals surface area (Å²) < 4.78 is 20.0. The Morgan fingerprint density at radius 2 is 1.88 bits per heavy atom. The molecule has 0 bridgehead atoms. The first-order valence-corrected chi connectivity index (χ1v) is 14.7. The number of carbonyl (C=O) groups excluding carboxylic acids is 3. The summed E-state index contributed by atoms with van der Waals surface area (Å²) in [6, 6.07) is 14.7. The van der Waals surface area contributed by atoms with Crippen molar-refractivity contribution in [1.29, 1.82) is 0 Å². The van der Waals surface area contributed by atoms with Crippen molar-refractivity contribution < 1.29 is 33.7 Å². The second-order valence-corrected chi connectivity index (χ2v) is 12.0. The lowest BCUT2D eigenvalue weighted by atomic mass is 9.91. The summed E-state index contributed by atoms with van der Waals surface area (Å²) in [4.78, 5) is 41.3. The third-order valence-corrected chi connectivity index (χ3v) is 8.71. The normalized spacial score (nSPS) is 26.2. The molecule has 9 nitrogen and oxygen atoms in total. The van der Waals surface area contributed by atoms with Gasteiger partial charge in [-0.2, -0.15) is 0 Å². The maximum atomic E-state index is 13.8. The Hall–Kier alpha value is -2.80. The Morgan fingerprint density at radius 1 is 1.10 bits per heavy atom. The van der Waals surface area contributed by atoms with Crippen LogP contribution in [-0.2, 0) is 36.6 Å². The van der Waals surface area contributed by atoms with Crippen LogP contribution in [0.5, 0.6) is 0 Å². The molecule has 4 aliphatic rings. The van der Waals surface area contributed by atoms with Gasteiger partial charge in [-0.1, -0.05) is 30.3 Å². The quantitative estimate of drug-likeness (QED) is 0.363. The maximum Gasteiger partial charge on any atom is 0.338 e. The Kier molecular flexibility index (Phi) is 7.68. The molecule has 2 fully saturated rings. The summed E-state index contributed by atoms with van der Waals surface area (Å²) in [5.74, 6) is -1.92. The average Bonchev–Trinajstić information content (AvgIpc) is 3.67. The van der Waals surface area contributed by atoms with E-state index in [4.69, 9.17) is 19.3 Å². The number of aliphatic hydroxyl groups is 1. The number of esters is 1. The molecular formula is C30H31IN2O7. The van der Waals surface area contributed by atoms with Gasteiger partial charge in [0.15, 0.2) is 5.79 Å². The lowest BCUT2D eigenvalue weighted by Gasteiger charge is -2.32. The zero-order valence-electron chi connectivity index (χ0n) is 21.9. The van der Waals surface area contributed by atoms with Crippen molar-refractivity contribution in [1.82, 2.24) is 10.2 Å². The molecule has 0 unspecified atom stereocenters. The fourth-order valence-electron chi connectivity index (χ4n) is 6.24. The number of likely N-dealkylation sites (tertiary alicyclic amines) is 1. The van der Waals surface area contributed by atoms with E-state index in [0.29, 0.717) is 43.4 Å². The monoisotopic (exact) mass is 658 g/mol. The predicted octanol–water partition coefficient (Wildman–Crippen LogP) is 2.53. The van der Waals surface area contributed by atoms with Crippen molar-refractivity contribution in [2.75, 3.05) is 19.7 Å². The lowest BCUT2D eigenvalue weighted by Crippen LogP contribution is -2.49. The van der Waals surface area contributed by atoms with Gasteiger partial charge in [0.05, 0.1) is 12.2 Å². The number of rotatable bonds is 6. The summed E-state index contributed by atoms with van der Waals surface area (Å²) in [6.07, 6.45) is 2.45. The van der Waals surface area contributed by atoms with Crippen LogP contribution in [0.3, 0.4) is 0 Å². The van der Waals surface area contributed by atoms with Crippen LogP contribution in [0.4, 0.5) is 0 Å². The fraction of sp³-hybridized carbons (Fsp3) is 0.433. The Labute approximate surface area is 246 Å². The first-order valence-electron chi connectivity index (χ1n) is 13.6. The third-order valence-electron chi connectivity index (χ3n) is 8.04. The number of hydrogen-bond donors (Lipinski definition) is 2. The largest absolute Gasteiger partial charge is 0.456 e. The van der Waals surface area contributed by atoms with Crippen LogP contribution >= 0.6 is 22.6 Å². The molecule has 2 aromatic rings. The smallest absolute Gasteiger partial charge is 0.338 e. The molecule has 2 saturated heterocycles. The molecule has 2 aliphatic heterocycles. The topological polar surface area (TPSA) is 114 Å². The minimum absolute atomic E-state index is 0.135. The summed E-state index contributed by atoms with van der Waals surface area (Å²) in [5.41, 5.74) is 3.18. The van der Waals surface area contributed by atoms with Crippen molar-refractivity contribution in [3.63, 3.8) is 0 Å². The van der Waals surface area contributed by atoms with Crippen molar-refractivity contribution in [2.24, 2.45) is 0 Å². The highest BCUT2D eigenvalue weighted by atomic mass is 127. The number of amides is 2. The summed E-state index contributed by atoms with van der Waals surface area (Å²) in [6.45, 7) is 0.415. The molecule has 10 heteroatoms. The van der Waals surface area contributed by atoms with Gasteiger partial charge in [0.2, 0.25) is 11.8 Å². The Bertz CT molecular complexity index is 1340. The molecule has 0 radical (unpaired) electrons. The predicted molar refractivity (Wildman–Crippen MR) is 152 cm³/mol. The SMILES string of the molecule is O=C(O[C@@H]1CC(C(=O)N2CCC[C@@H]2C(=O)NCCO)=C[C@H]2OC3(Cc4ccccc4C3)O[C@H]21)c1cccc(I)c1. The van der Waals surface area contributed by atoms with Gasteiger partial charge < -0.3 is 29.5 Å². The second kappa shape index (κ2) is 11.2. The number of nitrogens with one attached hydrogen (secondary N) is 1. The average molecular weight is 658 g/mol. The van der Waals surface area contributed by atoms with E-state index in [0.717, 1.165) is 14.7 Å². The highest BCUT2D eigenvalue weighted by Crippen LogP contribution is 2.45. The van der Waals surface area contributed by atoms with Gasteiger partial charge in [0.25, 0.3) is 0 Å². The number of ether oxygens (including phenoxy) is 3. The second-order valence-electron chi connectivity index (χ2n) is 10.7. The maximum absolute atomic E-state index is 13.8. The molecule has 1 spiro atoms. The van der Waals surface area contributed by atoms with Crippen LogP contribution in [0.25, 0.3) is 0 Å². The summed E-state index contributed by atoms with van der Waals surface area (Å²) in [5, 5.41) is 11.8. The summed E-state index contributed by atoms with van der Waals surface area (Å²) in [7, 11) is 0. The van der Waals surface area contributed by atoms with Crippen LogP contribution in [0.15, 0.2) is 60.2 Å². The van der Waals surface area contributed by atoms with Crippen LogP contribution in [0.2, 0.25) is 0 Å². The molecule has 0 saturated carbocycles. The van der Waals surface area contributed by atoms with Gasteiger partial charge in [-0.15, -0.1) is 0 Å². The molecule has 2 aromatic carbocycles. The lowest BCUT2D eigenvalue weighted by molar-refractivity contribution is -0.172. The van der Waals surface area contributed by atoms with E-state index in [2.05, 4.69) is 40.0 Å². The minimum atomic E-state index is -0.888. The molecule has 2 N–H and O–H groups in total. The zero-order chi connectivity index (χ0) is 27.9. The van der Waals surface area contributed by atoms with Crippen molar-refractivity contribution in [3.05, 3.63) is 80.4 Å². The highest BCUT2D eigenvalue weighted by molar-refractivity contribution is 14.1. The summed E-state index contributed by atoms with van der Waals surface area (Å²) >= 11 is 2.15. The van der Waals surface area contributed by atoms with Crippen molar-refractivity contribution in [2.45, 2.75) is 62.2 Å². The van der Waals surface area contributed by atoms with E-state index < -0.39 is 36.1 Å². The van der Waals surface area contributed by atoms with Gasteiger partial charge >= 0.3 is 5.97 Å². The van der Waals surface area contributed by atoms with Gasteiger partial charge in [0.1, 0.15) is 24.4 Å². The number of hydrogen-bond acceptors (Lipinski definition) is 7. The first-order chi connectivity index (χ1) is 19.4. The molecule has 6 rings (SSSR count). The Balaban J connectivity index is 1.26. The van der Waals surface area contributed by atoms with E-state index in [-0.39, 0.29) is 31.4 Å². The molecule has 2 amide bonds. The van der Waals surface area contributed by atoms with Gasteiger partial charge in [-0.05, 0) is 70.8 Å². The Morgan fingerprint density at radius 3 is 2.60 bits per heavy atom. The van der Waals surface area contributed by atoms with Crippen molar-refractivity contribution >= 4 is 40.4 Å². The number of carbonyl (C=O) groups is 3. The van der Waals surface area contributed by atoms with Crippen molar-refractivity contribution in [3.8, 4) is 0 Å². The first kappa shape index (κ1) is 27.4. The van der Waals surface area contributed by atoms with E-state index in [1.807, 2.05) is 18.2 Å². The number of nitrogens with zero attached hydrogens (tertiary/aromatic N) is 1. The van der Waals surface area contributed by atoms with Gasteiger partial charge in [-0.25, -0.2) is 4.79 Å². The third kappa shape index (κ3) is 5.29. The molecule has 4 atom stereocenters. The highest BCUT2D eigenvalue weighted by Gasteiger charge is 2.55. The van der Waals surface area contributed by atoms with E-state index in [1.165, 1.54) is 0 Å². The van der Waals surface area contributed by atoms with Crippen LogP contribution in [-0.4, -0.2) is 77.6 Å². The standard InChI is InChI=1S/C30H31IN2O7/c31-22-8-3-7-18(13-22)29(37)38-24-14-21(28(36)33-11-4-9-23(33)27(35)32-10-12-34)15-25-26(24)40-30(39-25)16-19-5-1-2-6-20(19)17-30/h1-3,5-8,13,15,23-26,34H,4,9-12,14,16-17H2,(H,32,35)/t23-,24-,25-,26+/m1/s1. The molecular weight excluding hydrogens is 627 g/mol. The van der Waals surface area contributed by atoms with Gasteiger partial charge in [0, 0.05) is 41.5 Å². The molecule has 40 heavy (non-hydrogen) atoms. The molecule has 2 aliphatic carbocycles. The molecule has 0 aromatic heterocycles. The van der Waals surface area contributed by atoms with Gasteiger partial charge in [-0.3, -0.25) is 9.59 Å².